The molecule has 0 aliphatic carbocycles. The molecule has 0 radical (unpaired) electrons. The third-order valence-electron chi connectivity index (χ3n) is 4.07. The lowest BCUT2D eigenvalue weighted by atomic mass is 10.0. The van der Waals surface area contributed by atoms with Crippen LogP contribution < -0.4 is 0 Å². The van der Waals surface area contributed by atoms with E-state index in [1.807, 2.05) is 60.7 Å². The molecule has 1 fully saturated rings. The van der Waals surface area contributed by atoms with Crippen LogP contribution in [0.3, 0.4) is 0 Å². The van der Waals surface area contributed by atoms with Gasteiger partial charge >= 0.3 is 0 Å². The largest absolute Gasteiger partial charge is 0.228 e. The molecule has 0 saturated carbocycles. The maximum Gasteiger partial charge on any atom is 0.164 e. The molecule has 2 aromatic carbocycles. The molecule has 104 valence electrons. The number of hydrogen-bond donors (Lipinski definition) is 0. The van der Waals surface area contributed by atoms with Crippen molar-refractivity contribution in [1.29, 1.82) is 0 Å². The van der Waals surface area contributed by atoms with Gasteiger partial charge in [0.2, 0.25) is 0 Å². The van der Waals surface area contributed by atoms with Crippen LogP contribution in [-0.2, 0) is 9.84 Å². The van der Waals surface area contributed by atoms with Gasteiger partial charge in [-0.15, -0.1) is 0 Å². The molecule has 20 heavy (non-hydrogen) atoms. The van der Waals surface area contributed by atoms with Crippen LogP contribution in [0.1, 0.15) is 40.9 Å². The van der Waals surface area contributed by atoms with E-state index in [0.29, 0.717) is 0 Å². The lowest BCUT2D eigenvalue weighted by Crippen LogP contribution is -2.25. The Labute approximate surface area is 120 Å². The van der Waals surface area contributed by atoms with Crippen molar-refractivity contribution in [1.82, 2.24) is 0 Å². The molecule has 1 aliphatic rings. The topological polar surface area (TPSA) is 34.1 Å². The molecule has 2 nitrogen and oxygen atoms in total. The zero-order valence-corrected chi connectivity index (χ0v) is 12.1. The zero-order chi connectivity index (χ0) is 14.0. The van der Waals surface area contributed by atoms with Crippen LogP contribution >= 0.6 is 0 Å². The van der Waals surface area contributed by atoms with Crippen LogP contribution in [-0.4, -0.2) is 8.42 Å². The van der Waals surface area contributed by atoms with Crippen molar-refractivity contribution >= 4 is 9.84 Å². The Kier molecular flexibility index (Phi) is 3.62. The Bertz CT molecular complexity index is 609. The molecule has 3 heteroatoms. The molecule has 0 aromatic heterocycles. The predicted molar refractivity (Wildman–Crippen MR) is 81.1 cm³/mol. The van der Waals surface area contributed by atoms with Gasteiger partial charge in [0.1, 0.15) is 0 Å². The highest BCUT2D eigenvalue weighted by atomic mass is 32.2. The fourth-order valence-electron chi connectivity index (χ4n) is 3.06. The van der Waals surface area contributed by atoms with Crippen molar-refractivity contribution in [2.24, 2.45) is 0 Å². The molecule has 3 rings (SSSR count). The molecule has 2 aromatic rings. The maximum absolute atomic E-state index is 12.9. The molecule has 1 aliphatic heterocycles. The van der Waals surface area contributed by atoms with Gasteiger partial charge in [-0.1, -0.05) is 67.1 Å². The van der Waals surface area contributed by atoms with Crippen LogP contribution in [0.15, 0.2) is 60.7 Å². The Balaban J connectivity index is 2.00. The van der Waals surface area contributed by atoms with Crippen molar-refractivity contribution in [3.05, 3.63) is 71.8 Å². The molecule has 1 heterocycles. The maximum atomic E-state index is 12.9. The van der Waals surface area contributed by atoms with Crippen LogP contribution in [0, 0.1) is 0 Å². The Morgan fingerprint density at radius 2 is 1.10 bits per heavy atom. The van der Waals surface area contributed by atoms with E-state index >= 15 is 0 Å². The second-order valence-corrected chi connectivity index (χ2v) is 7.63. The molecular formula is C17H18O2S. The fourth-order valence-corrected chi connectivity index (χ4v) is 5.52. The fraction of sp³-hybridized carbons (Fsp3) is 0.294. The summed E-state index contributed by atoms with van der Waals surface area (Å²) in [7, 11) is -3.17. The summed E-state index contributed by atoms with van der Waals surface area (Å²) < 4.78 is 25.8. The van der Waals surface area contributed by atoms with E-state index in [1.165, 1.54) is 0 Å². The lowest BCUT2D eigenvalue weighted by Gasteiger charge is -2.30. The minimum absolute atomic E-state index is 0.359. The summed E-state index contributed by atoms with van der Waals surface area (Å²) in [5, 5.41) is -0.717. The summed E-state index contributed by atoms with van der Waals surface area (Å²) in [5.41, 5.74) is 1.85. The van der Waals surface area contributed by atoms with Gasteiger partial charge in [0.15, 0.2) is 9.84 Å². The lowest BCUT2D eigenvalue weighted by molar-refractivity contribution is 0.514. The highest BCUT2D eigenvalue weighted by molar-refractivity contribution is 7.92. The summed E-state index contributed by atoms with van der Waals surface area (Å²) in [6.45, 7) is 0. The van der Waals surface area contributed by atoms with E-state index in [-0.39, 0.29) is 10.5 Å². The summed E-state index contributed by atoms with van der Waals surface area (Å²) in [4.78, 5) is 0. The van der Waals surface area contributed by atoms with E-state index in [9.17, 15) is 8.42 Å². The number of rotatable bonds is 2. The zero-order valence-electron chi connectivity index (χ0n) is 11.3. The average Bonchev–Trinajstić information content (AvgIpc) is 2.48. The normalized spacial score (nSPS) is 25.2. The average molecular weight is 286 g/mol. The van der Waals surface area contributed by atoms with Crippen molar-refractivity contribution in [3.63, 3.8) is 0 Å². The smallest absolute Gasteiger partial charge is 0.164 e. The highest BCUT2D eigenvalue weighted by Crippen LogP contribution is 2.44. The van der Waals surface area contributed by atoms with Gasteiger partial charge in [-0.05, 0) is 24.0 Å². The molecule has 0 bridgehead atoms. The second kappa shape index (κ2) is 5.41. The van der Waals surface area contributed by atoms with Crippen LogP contribution in [0.2, 0.25) is 0 Å². The van der Waals surface area contributed by atoms with Crippen molar-refractivity contribution < 1.29 is 8.42 Å². The van der Waals surface area contributed by atoms with E-state index in [1.54, 1.807) is 0 Å². The SMILES string of the molecule is O=S1(=O)C(c2ccccc2)CCCC1c1ccccc1. The van der Waals surface area contributed by atoms with Gasteiger partial charge in [-0.25, -0.2) is 8.42 Å². The molecule has 2 atom stereocenters. The number of hydrogen-bond acceptors (Lipinski definition) is 2. The summed E-state index contributed by atoms with van der Waals surface area (Å²) in [5.74, 6) is 0. The third kappa shape index (κ3) is 2.38. The van der Waals surface area contributed by atoms with Crippen molar-refractivity contribution in [3.8, 4) is 0 Å². The van der Waals surface area contributed by atoms with E-state index in [4.69, 9.17) is 0 Å². The first-order valence-electron chi connectivity index (χ1n) is 7.02. The first kappa shape index (κ1) is 13.4. The highest BCUT2D eigenvalue weighted by Gasteiger charge is 2.39. The van der Waals surface area contributed by atoms with Gasteiger partial charge in [0.25, 0.3) is 0 Å². The molecule has 0 spiro atoms. The molecule has 0 amide bonds. The molecule has 0 N–H and O–H groups in total. The van der Waals surface area contributed by atoms with Crippen LogP contribution in [0.25, 0.3) is 0 Å². The summed E-state index contributed by atoms with van der Waals surface area (Å²) >= 11 is 0. The summed E-state index contributed by atoms with van der Waals surface area (Å²) in [6.07, 6.45) is 2.42. The van der Waals surface area contributed by atoms with E-state index < -0.39 is 9.84 Å². The standard InChI is InChI=1S/C17H18O2S/c18-20(19)16(14-8-3-1-4-9-14)12-7-13-17(20)15-10-5-2-6-11-15/h1-6,8-11,16-17H,7,12-13H2. The summed E-state index contributed by atoms with van der Waals surface area (Å²) in [6, 6.07) is 19.2. The van der Waals surface area contributed by atoms with Gasteiger partial charge in [-0.2, -0.15) is 0 Å². The molecule has 1 saturated heterocycles. The molecule has 2 unspecified atom stereocenters. The first-order chi connectivity index (χ1) is 9.69. The van der Waals surface area contributed by atoms with Gasteiger partial charge < -0.3 is 0 Å². The molecular weight excluding hydrogens is 268 g/mol. The quantitative estimate of drug-likeness (QED) is 0.834. The number of sulfone groups is 1. The minimum Gasteiger partial charge on any atom is -0.228 e. The predicted octanol–water partition coefficient (Wildman–Crippen LogP) is 4.07. The number of benzene rings is 2. The Morgan fingerprint density at radius 3 is 1.50 bits per heavy atom. The van der Waals surface area contributed by atoms with Crippen LogP contribution in [0.4, 0.5) is 0 Å². The monoisotopic (exact) mass is 286 g/mol. The Hall–Kier alpha value is -1.61. The first-order valence-corrected chi connectivity index (χ1v) is 8.63. The van der Waals surface area contributed by atoms with E-state index in [0.717, 1.165) is 30.4 Å². The second-order valence-electron chi connectivity index (χ2n) is 5.32. The van der Waals surface area contributed by atoms with E-state index in [2.05, 4.69) is 0 Å². The van der Waals surface area contributed by atoms with Gasteiger partial charge in [0, 0.05) is 0 Å². The van der Waals surface area contributed by atoms with Gasteiger partial charge in [0.05, 0.1) is 10.5 Å². The minimum atomic E-state index is -3.17. The van der Waals surface area contributed by atoms with Crippen LogP contribution in [0.5, 0.6) is 0 Å². The Morgan fingerprint density at radius 1 is 0.700 bits per heavy atom. The van der Waals surface area contributed by atoms with Gasteiger partial charge in [-0.3, -0.25) is 0 Å². The van der Waals surface area contributed by atoms with Crippen molar-refractivity contribution in [2.45, 2.75) is 29.8 Å². The third-order valence-corrected chi connectivity index (χ3v) is 6.67. The van der Waals surface area contributed by atoms with Crippen molar-refractivity contribution in [2.75, 3.05) is 0 Å².